The van der Waals surface area contributed by atoms with Gasteiger partial charge in [-0.1, -0.05) is 149 Å². The topological polar surface area (TPSA) is 6.48 Å². The first kappa shape index (κ1) is 31.4. The number of hydrogen-bond acceptors (Lipinski definition) is 2. The molecule has 0 N–H and O–H groups in total. The van der Waals surface area contributed by atoms with Gasteiger partial charge in [-0.3, -0.25) is 0 Å². The third kappa shape index (κ3) is 16.9. The highest BCUT2D eigenvalue weighted by atomic mass is 15.4. The van der Waals surface area contributed by atoms with Gasteiger partial charge in [-0.05, 0) is 25.7 Å². The normalized spacial score (nSPS) is 15.7. The molecule has 0 fully saturated rings. The molecule has 1 rings (SSSR count). The number of unbranched alkanes of at least 4 members (excludes halogenated alkanes) is 20. The molecule has 0 amide bonds. The number of hydrogen-bond donors (Lipinski definition) is 0. The van der Waals surface area contributed by atoms with E-state index in [9.17, 15) is 0 Å². The standard InChI is InChI=1S/C32H64N2/c1-4-7-10-12-14-16-17-18-20-22-24-26-29-34-31-30-33(28-9-6-3)32(34)27-25-23-21-19-15-13-11-8-5-2/h30-32H,4-29H2,1-3H3. The van der Waals surface area contributed by atoms with E-state index in [1.54, 1.807) is 0 Å². The largest absolute Gasteiger partial charge is 0.356 e. The minimum Gasteiger partial charge on any atom is -0.356 e. The van der Waals surface area contributed by atoms with E-state index in [-0.39, 0.29) is 0 Å². The molecule has 1 atom stereocenters. The van der Waals surface area contributed by atoms with Gasteiger partial charge in [0.2, 0.25) is 0 Å². The minimum absolute atomic E-state index is 0.642. The molecule has 1 aliphatic rings. The summed E-state index contributed by atoms with van der Waals surface area (Å²) in [6.07, 6.45) is 39.6. The van der Waals surface area contributed by atoms with Gasteiger partial charge in [-0.2, -0.15) is 0 Å². The van der Waals surface area contributed by atoms with E-state index >= 15 is 0 Å². The highest BCUT2D eigenvalue weighted by molar-refractivity contribution is 4.96. The number of nitrogens with zero attached hydrogens (tertiary/aromatic N) is 2. The van der Waals surface area contributed by atoms with Crippen LogP contribution in [0.5, 0.6) is 0 Å². The van der Waals surface area contributed by atoms with Gasteiger partial charge < -0.3 is 9.80 Å². The fraction of sp³-hybridized carbons (Fsp3) is 0.938. The van der Waals surface area contributed by atoms with Crippen LogP contribution in [0, 0.1) is 0 Å². The molecule has 0 radical (unpaired) electrons. The van der Waals surface area contributed by atoms with Crippen LogP contribution in [-0.4, -0.2) is 29.1 Å². The van der Waals surface area contributed by atoms with E-state index in [4.69, 9.17) is 0 Å². The van der Waals surface area contributed by atoms with Crippen LogP contribution < -0.4 is 0 Å². The molecular formula is C32H64N2. The molecule has 0 aliphatic carbocycles. The van der Waals surface area contributed by atoms with E-state index < -0.39 is 0 Å². The fourth-order valence-electron chi connectivity index (χ4n) is 5.45. The predicted octanol–water partition coefficient (Wildman–Crippen LogP) is 10.8. The second-order valence-electron chi connectivity index (χ2n) is 11.1. The molecule has 34 heavy (non-hydrogen) atoms. The van der Waals surface area contributed by atoms with Gasteiger partial charge in [0.1, 0.15) is 6.17 Å². The average molecular weight is 477 g/mol. The predicted molar refractivity (Wildman–Crippen MR) is 154 cm³/mol. The van der Waals surface area contributed by atoms with Crippen LogP contribution >= 0.6 is 0 Å². The Morgan fingerprint density at radius 3 is 1.12 bits per heavy atom. The van der Waals surface area contributed by atoms with Crippen LogP contribution in [0.4, 0.5) is 0 Å². The van der Waals surface area contributed by atoms with Crippen molar-refractivity contribution in [2.24, 2.45) is 0 Å². The van der Waals surface area contributed by atoms with Crippen molar-refractivity contribution in [1.29, 1.82) is 0 Å². The summed E-state index contributed by atoms with van der Waals surface area (Å²) in [4.78, 5) is 5.32. The van der Waals surface area contributed by atoms with E-state index in [0.29, 0.717) is 6.17 Å². The molecule has 1 aliphatic heterocycles. The van der Waals surface area contributed by atoms with Gasteiger partial charge in [-0.15, -0.1) is 0 Å². The third-order valence-corrected chi connectivity index (χ3v) is 7.82. The smallest absolute Gasteiger partial charge is 0.101 e. The number of rotatable bonds is 26. The van der Waals surface area contributed by atoms with Crippen molar-refractivity contribution < 1.29 is 0 Å². The summed E-state index contributed by atoms with van der Waals surface area (Å²) < 4.78 is 0. The molecule has 0 saturated carbocycles. The molecule has 2 heteroatoms. The van der Waals surface area contributed by atoms with Gasteiger partial charge in [0, 0.05) is 25.5 Å². The minimum atomic E-state index is 0.642. The Morgan fingerprint density at radius 1 is 0.382 bits per heavy atom. The molecule has 1 heterocycles. The van der Waals surface area contributed by atoms with Gasteiger partial charge in [0.15, 0.2) is 0 Å². The summed E-state index contributed by atoms with van der Waals surface area (Å²) in [6, 6.07) is 0. The van der Waals surface area contributed by atoms with Crippen LogP contribution in [0.25, 0.3) is 0 Å². The fourth-order valence-corrected chi connectivity index (χ4v) is 5.45. The van der Waals surface area contributed by atoms with Crippen molar-refractivity contribution in [3.05, 3.63) is 12.4 Å². The maximum absolute atomic E-state index is 2.68. The third-order valence-electron chi connectivity index (χ3n) is 7.82. The lowest BCUT2D eigenvalue weighted by atomic mass is 10.0. The van der Waals surface area contributed by atoms with Gasteiger partial charge in [0.25, 0.3) is 0 Å². The zero-order valence-corrected chi connectivity index (χ0v) is 24.0. The van der Waals surface area contributed by atoms with Crippen LogP contribution in [0.15, 0.2) is 12.4 Å². The maximum Gasteiger partial charge on any atom is 0.101 e. The van der Waals surface area contributed by atoms with Gasteiger partial charge in [0.05, 0.1) is 0 Å². The van der Waals surface area contributed by atoms with Crippen molar-refractivity contribution >= 4 is 0 Å². The van der Waals surface area contributed by atoms with Crippen molar-refractivity contribution in [3.63, 3.8) is 0 Å². The first-order chi connectivity index (χ1) is 16.8. The first-order valence-corrected chi connectivity index (χ1v) is 16.0. The average Bonchev–Trinajstić information content (AvgIpc) is 3.23. The highest BCUT2D eigenvalue weighted by Crippen LogP contribution is 2.23. The Hall–Kier alpha value is -0.660. The Kier molecular flexibility index (Phi) is 22.2. The highest BCUT2D eigenvalue weighted by Gasteiger charge is 2.24. The second-order valence-corrected chi connectivity index (χ2v) is 11.1. The Balaban J connectivity index is 2.11. The summed E-state index contributed by atoms with van der Waals surface area (Å²) in [5, 5.41) is 0. The molecule has 0 saturated heterocycles. The van der Waals surface area contributed by atoms with Crippen LogP contribution in [-0.2, 0) is 0 Å². The van der Waals surface area contributed by atoms with Gasteiger partial charge >= 0.3 is 0 Å². The summed E-state index contributed by atoms with van der Waals surface area (Å²) in [5.41, 5.74) is 0. The lowest BCUT2D eigenvalue weighted by Gasteiger charge is -2.33. The van der Waals surface area contributed by atoms with Gasteiger partial charge in [-0.25, -0.2) is 0 Å². The Labute approximate surface area is 216 Å². The molecule has 0 aromatic carbocycles. The molecule has 0 spiro atoms. The van der Waals surface area contributed by atoms with E-state index in [1.165, 1.54) is 167 Å². The summed E-state index contributed by atoms with van der Waals surface area (Å²) in [6.45, 7) is 9.44. The molecule has 202 valence electrons. The Bertz CT molecular complexity index is 433. The quantitative estimate of drug-likeness (QED) is 0.114. The van der Waals surface area contributed by atoms with E-state index in [2.05, 4.69) is 43.0 Å². The first-order valence-electron chi connectivity index (χ1n) is 16.0. The zero-order chi connectivity index (χ0) is 24.5. The second kappa shape index (κ2) is 24.1. The molecule has 0 bridgehead atoms. The zero-order valence-electron chi connectivity index (χ0n) is 24.0. The maximum atomic E-state index is 2.68. The molecular weight excluding hydrogens is 412 g/mol. The van der Waals surface area contributed by atoms with Crippen molar-refractivity contribution in [3.8, 4) is 0 Å². The van der Waals surface area contributed by atoms with Crippen molar-refractivity contribution in [2.75, 3.05) is 13.1 Å². The van der Waals surface area contributed by atoms with E-state index in [1.807, 2.05) is 0 Å². The van der Waals surface area contributed by atoms with Crippen molar-refractivity contribution in [1.82, 2.24) is 9.80 Å². The SMILES string of the molecule is CCCCCCCCCCCCCCN1C=CN(CCCC)C1CCCCCCCCCCC. The lowest BCUT2D eigenvalue weighted by Crippen LogP contribution is -2.39. The summed E-state index contributed by atoms with van der Waals surface area (Å²) in [5.74, 6) is 0. The summed E-state index contributed by atoms with van der Waals surface area (Å²) >= 11 is 0. The molecule has 0 aromatic rings. The monoisotopic (exact) mass is 477 g/mol. The van der Waals surface area contributed by atoms with Crippen LogP contribution in [0.2, 0.25) is 0 Å². The molecule has 0 aromatic heterocycles. The molecule has 1 unspecified atom stereocenters. The summed E-state index contributed by atoms with van der Waals surface area (Å²) in [7, 11) is 0. The van der Waals surface area contributed by atoms with Crippen LogP contribution in [0.3, 0.4) is 0 Å². The van der Waals surface area contributed by atoms with Crippen molar-refractivity contribution in [2.45, 2.75) is 181 Å². The van der Waals surface area contributed by atoms with E-state index in [0.717, 1.165) is 0 Å². The van der Waals surface area contributed by atoms with Crippen LogP contribution in [0.1, 0.15) is 175 Å². The Morgan fingerprint density at radius 2 is 0.706 bits per heavy atom. The molecule has 2 nitrogen and oxygen atoms in total. The lowest BCUT2D eigenvalue weighted by molar-refractivity contribution is 0.136.